The van der Waals surface area contributed by atoms with Crippen molar-refractivity contribution in [3.8, 4) is 5.75 Å². The SMILES string of the molecule is C=C[C@H](c1ccccc1)[C@@]12CCCN1c1ccc(OC)cc1[C@H]2NS(=O)(=O)c1ccc(C)cc1. The maximum Gasteiger partial charge on any atom is 0.241 e. The predicted molar refractivity (Wildman–Crippen MR) is 136 cm³/mol. The van der Waals surface area contributed by atoms with Gasteiger partial charge < -0.3 is 9.64 Å². The van der Waals surface area contributed by atoms with Crippen LogP contribution < -0.4 is 14.4 Å². The van der Waals surface area contributed by atoms with E-state index in [2.05, 4.69) is 34.4 Å². The largest absolute Gasteiger partial charge is 0.497 e. The Bertz CT molecular complexity index is 1310. The molecule has 0 radical (unpaired) electrons. The molecule has 3 atom stereocenters. The van der Waals surface area contributed by atoms with Crippen LogP contribution in [0.25, 0.3) is 0 Å². The Morgan fingerprint density at radius 1 is 1.12 bits per heavy atom. The van der Waals surface area contributed by atoms with Gasteiger partial charge in [0.05, 0.1) is 23.6 Å². The highest BCUT2D eigenvalue weighted by atomic mass is 32.2. The lowest BCUT2D eigenvalue weighted by Crippen LogP contribution is -2.53. The molecule has 0 bridgehead atoms. The molecule has 2 aliphatic heterocycles. The molecule has 0 spiro atoms. The summed E-state index contributed by atoms with van der Waals surface area (Å²) in [7, 11) is -2.14. The summed E-state index contributed by atoms with van der Waals surface area (Å²) in [6, 6.07) is 22.8. The number of fused-ring (bicyclic) bond motifs is 3. The lowest BCUT2D eigenvalue weighted by atomic mass is 9.73. The third-order valence-corrected chi connectivity index (χ3v) is 8.77. The van der Waals surface area contributed by atoms with E-state index in [1.807, 2.05) is 55.5 Å². The average Bonchev–Trinajstić information content (AvgIpc) is 3.38. The summed E-state index contributed by atoms with van der Waals surface area (Å²) in [5.41, 5.74) is 3.64. The van der Waals surface area contributed by atoms with Gasteiger partial charge in [-0.15, -0.1) is 6.58 Å². The lowest BCUT2D eigenvalue weighted by Gasteiger charge is -2.44. The minimum Gasteiger partial charge on any atom is -0.497 e. The molecule has 0 aliphatic carbocycles. The number of aryl methyl sites for hydroxylation is 1. The molecule has 2 heterocycles. The van der Waals surface area contributed by atoms with Crippen molar-refractivity contribution in [1.29, 1.82) is 0 Å². The Morgan fingerprint density at radius 3 is 2.53 bits per heavy atom. The van der Waals surface area contributed by atoms with Crippen LogP contribution in [0.2, 0.25) is 0 Å². The van der Waals surface area contributed by atoms with E-state index in [4.69, 9.17) is 4.74 Å². The monoisotopic (exact) mass is 474 g/mol. The molecule has 1 saturated heterocycles. The first-order valence-electron chi connectivity index (χ1n) is 11.6. The highest BCUT2D eigenvalue weighted by Crippen LogP contribution is 2.58. The molecule has 3 aromatic rings. The molecule has 0 aromatic heterocycles. The van der Waals surface area contributed by atoms with Gasteiger partial charge in [-0.05, 0) is 61.2 Å². The van der Waals surface area contributed by atoms with E-state index in [0.29, 0.717) is 5.75 Å². The summed E-state index contributed by atoms with van der Waals surface area (Å²) in [5.74, 6) is 0.643. The van der Waals surface area contributed by atoms with Crippen LogP contribution in [0.4, 0.5) is 5.69 Å². The van der Waals surface area contributed by atoms with Crippen LogP contribution in [-0.2, 0) is 10.0 Å². The Hall–Kier alpha value is -3.09. The molecular formula is C28H30N2O3S. The minimum atomic E-state index is -3.78. The predicted octanol–water partition coefficient (Wildman–Crippen LogP) is 5.35. The number of anilines is 1. The van der Waals surface area contributed by atoms with Crippen molar-refractivity contribution >= 4 is 15.7 Å². The number of nitrogens with zero attached hydrogens (tertiary/aromatic N) is 1. The number of sulfonamides is 1. The Labute approximate surface area is 202 Å². The van der Waals surface area contributed by atoms with Crippen molar-refractivity contribution in [2.24, 2.45) is 0 Å². The summed E-state index contributed by atoms with van der Waals surface area (Å²) in [6.45, 7) is 7.01. The van der Waals surface area contributed by atoms with Gasteiger partial charge in [-0.1, -0.05) is 54.1 Å². The van der Waals surface area contributed by atoms with Crippen LogP contribution in [0.3, 0.4) is 0 Å². The normalized spacial score (nSPS) is 22.2. The van der Waals surface area contributed by atoms with Crippen molar-refractivity contribution in [3.05, 3.63) is 102 Å². The molecule has 2 aliphatic rings. The molecule has 176 valence electrons. The van der Waals surface area contributed by atoms with Gasteiger partial charge in [0.15, 0.2) is 0 Å². The van der Waals surface area contributed by atoms with Gasteiger partial charge in [0.25, 0.3) is 0 Å². The highest BCUT2D eigenvalue weighted by Gasteiger charge is 2.58. The quantitative estimate of drug-likeness (QED) is 0.469. The van der Waals surface area contributed by atoms with Crippen LogP contribution in [0.1, 0.15) is 41.5 Å². The van der Waals surface area contributed by atoms with Crippen molar-refractivity contribution in [1.82, 2.24) is 4.72 Å². The second-order valence-electron chi connectivity index (χ2n) is 9.16. The summed E-state index contributed by atoms with van der Waals surface area (Å²) < 4.78 is 36.0. The van der Waals surface area contributed by atoms with E-state index in [0.717, 1.165) is 41.8 Å². The smallest absolute Gasteiger partial charge is 0.241 e. The fourth-order valence-electron chi connectivity index (χ4n) is 5.81. The minimum absolute atomic E-state index is 0.0692. The number of rotatable bonds is 7. The molecule has 0 unspecified atom stereocenters. The number of hydrogen-bond acceptors (Lipinski definition) is 4. The molecule has 34 heavy (non-hydrogen) atoms. The van der Waals surface area contributed by atoms with E-state index >= 15 is 0 Å². The summed E-state index contributed by atoms with van der Waals surface area (Å²) in [6.07, 6.45) is 3.80. The van der Waals surface area contributed by atoms with E-state index in [1.54, 1.807) is 19.2 Å². The third kappa shape index (κ3) is 3.53. The van der Waals surface area contributed by atoms with Crippen LogP contribution in [0, 0.1) is 6.92 Å². The zero-order valence-corrected chi connectivity index (χ0v) is 20.4. The number of benzene rings is 3. The third-order valence-electron chi connectivity index (χ3n) is 7.34. The van der Waals surface area contributed by atoms with Gasteiger partial charge in [-0.3, -0.25) is 0 Å². The molecule has 1 N–H and O–H groups in total. The first kappa shape index (κ1) is 22.7. The Morgan fingerprint density at radius 2 is 1.85 bits per heavy atom. The number of nitrogens with one attached hydrogen (secondary N) is 1. The summed E-state index contributed by atoms with van der Waals surface area (Å²) >= 11 is 0. The van der Waals surface area contributed by atoms with Crippen LogP contribution in [0.15, 0.2) is 90.3 Å². The fraction of sp³-hybridized carbons (Fsp3) is 0.286. The molecule has 6 heteroatoms. The van der Waals surface area contributed by atoms with Gasteiger partial charge in [-0.25, -0.2) is 13.1 Å². The van der Waals surface area contributed by atoms with E-state index < -0.39 is 21.6 Å². The van der Waals surface area contributed by atoms with Gasteiger partial charge in [0, 0.05) is 18.2 Å². The van der Waals surface area contributed by atoms with Crippen molar-refractivity contribution in [2.75, 3.05) is 18.6 Å². The molecule has 5 nitrogen and oxygen atoms in total. The van der Waals surface area contributed by atoms with Crippen molar-refractivity contribution in [3.63, 3.8) is 0 Å². The van der Waals surface area contributed by atoms with E-state index in [9.17, 15) is 8.42 Å². The number of hydrogen-bond donors (Lipinski definition) is 1. The van der Waals surface area contributed by atoms with Gasteiger partial charge in [0.1, 0.15) is 5.75 Å². The standard InChI is InChI=1S/C28H30N2O3S/c1-4-25(21-9-6-5-7-10-21)28-17-8-18-30(28)26-16-13-22(33-3)19-24(26)27(28)29-34(31,32)23-14-11-20(2)12-15-23/h4-7,9-16,19,25,27,29H,1,8,17-18H2,2-3H3/t25-,27-,28-/m1/s1. The second kappa shape index (κ2) is 8.60. The fourth-order valence-corrected chi connectivity index (χ4v) is 7.08. The topological polar surface area (TPSA) is 58.6 Å². The summed E-state index contributed by atoms with van der Waals surface area (Å²) in [5, 5.41) is 0. The highest BCUT2D eigenvalue weighted by molar-refractivity contribution is 7.89. The Balaban J connectivity index is 1.68. The first-order valence-corrected chi connectivity index (χ1v) is 13.1. The van der Waals surface area contributed by atoms with Gasteiger partial charge in [-0.2, -0.15) is 0 Å². The lowest BCUT2D eigenvalue weighted by molar-refractivity contribution is 0.319. The zero-order chi connectivity index (χ0) is 23.9. The van der Waals surface area contributed by atoms with Gasteiger partial charge >= 0.3 is 0 Å². The van der Waals surface area contributed by atoms with Crippen LogP contribution >= 0.6 is 0 Å². The molecule has 0 amide bonds. The molecule has 5 rings (SSSR count). The zero-order valence-electron chi connectivity index (χ0n) is 19.6. The van der Waals surface area contributed by atoms with Gasteiger partial charge in [0.2, 0.25) is 10.0 Å². The number of ether oxygens (including phenoxy) is 1. The molecule has 3 aromatic carbocycles. The van der Waals surface area contributed by atoms with E-state index in [-0.39, 0.29) is 10.8 Å². The second-order valence-corrected chi connectivity index (χ2v) is 10.9. The molecule has 1 fully saturated rings. The maximum absolute atomic E-state index is 13.7. The van der Waals surface area contributed by atoms with Crippen molar-refractivity contribution in [2.45, 2.75) is 42.2 Å². The molecule has 0 saturated carbocycles. The Kier molecular flexibility index (Phi) is 5.74. The molecular weight excluding hydrogens is 444 g/mol. The van der Waals surface area contributed by atoms with E-state index in [1.165, 1.54) is 0 Å². The summed E-state index contributed by atoms with van der Waals surface area (Å²) in [4.78, 5) is 2.66. The average molecular weight is 475 g/mol. The number of methoxy groups -OCH3 is 1. The van der Waals surface area contributed by atoms with Crippen LogP contribution in [-0.4, -0.2) is 27.6 Å². The van der Waals surface area contributed by atoms with Crippen LogP contribution in [0.5, 0.6) is 5.75 Å². The first-order chi connectivity index (χ1) is 16.4. The maximum atomic E-state index is 13.7. The van der Waals surface area contributed by atoms with Crippen molar-refractivity contribution < 1.29 is 13.2 Å².